The van der Waals surface area contributed by atoms with Crippen LogP contribution in [0.15, 0.2) is 30.3 Å². The van der Waals surface area contributed by atoms with Gasteiger partial charge >= 0.3 is 5.97 Å². The molecule has 1 aliphatic heterocycles. The topological polar surface area (TPSA) is 49.3 Å². The molecule has 1 aromatic rings. The first-order chi connectivity index (χ1) is 7.23. The predicted molar refractivity (Wildman–Crippen MR) is 57.6 cm³/mol. The van der Waals surface area contributed by atoms with Crippen LogP contribution >= 0.6 is 0 Å². The predicted octanol–water partition coefficient (Wildman–Crippen LogP) is 1.74. The zero-order valence-electron chi connectivity index (χ0n) is 8.57. The van der Waals surface area contributed by atoms with Crippen LogP contribution in [0.25, 0.3) is 0 Å². The van der Waals surface area contributed by atoms with Crippen molar-refractivity contribution in [1.29, 1.82) is 0 Å². The molecule has 3 nitrogen and oxygen atoms in total. The van der Waals surface area contributed by atoms with Crippen molar-refractivity contribution in [2.24, 2.45) is 0 Å². The van der Waals surface area contributed by atoms with Crippen molar-refractivity contribution in [3.8, 4) is 0 Å². The van der Waals surface area contributed by atoms with Crippen molar-refractivity contribution >= 4 is 5.97 Å². The summed E-state index contributed by atoms with van der Waals surface area (Å²) in [7, 11) is 0. The smallest absolute Gasteiger partial charge is 0.305 e. The van der Waals surface area contributed by atoms with E-state index >= 15 is 0 Å². The number of nitrogens with one attached hydrogen (secondary N) is 1. The summed E-state index contributed by atoms with van der Waals surface area (Å²) in [6, 6.07) is 9.87. The first-order valence-corrected chi connectivity index (χ1v) is 5.25. The minimum Gasteiger partial charge on any atom is -0.481 e. The van der Waals surface area contributed by atoms with Crippen molar-refractivity contribution in [2.45, 2.75) is 24.8 Å². The third kappa shape index (κ3) is 2.02. The molecule has 0 saturated carbocycles. The van der Waals surface area contributed by atoms with E-state index in [9.17, 15) is 4.79 Å². The lowest BCUT2D eigenvalue weighted by atomic mass is 9.85. The number of carboxylic acid groups (broad SMARTS) is 1. The molecule has 1 saturated heterocycles. The summed E-state index contributed by atoms with van der Waals surface area (Å²) in [5.74, 6) is -0.742. The first kappa shape index (κ1) is 10.2. The Balaban J connectivity index is 2.30. The lowest BCUT2D eigenvalue weighted by Gasteiger charge is -2.28. The summed E-state index contributed by atoms with van der Waals surface area (Å²) < 4.78 is 0. The molecule has 1 aliphatic rings. The fourth-order valence-corrected chi connectivity index (χ4v) is 2.32. The van der Waals surface area contributed by atoms with Crippen molar-refractivity contribution < 1.29 is 9.90 Å². The molecule has 1 aromatic carbocycles. The average molecular weight is 205 g/mol. The number of aliphatic carboxylic acids is 1. The third-order valence-corrected chi connectivity index (χ3v) is 3.02. The van der Waals surface area contributed by atoms with Gasteiger partial charge in [0.05, 0.1) is 12.0 Å². The number of hydrogen-bond acceptors (Lipinski definition) is 2. The maximum Gasteiger partial charge on any atom is 0.305 e. The van der Waals surface area contributed by atoms with Crippen molar-refractivity contribution in [2.75, 3.05) is 6.54 Å². The molecule has 80 valence electrons. The van der Waals surface area contributed by atoms with Crippen LogP contribution in [0.4, 0.5) is 0 Å². The van der Waals surface area contributed by atoms with E-state index in [0.717, 1.165) is 24.9 Å². The van der Waals surface area contributed by atoms with E-state index in [1.165, 1.54) is 0 Å². The molecule has 15 heavy (non-hydrogen) atoms. The second kappa shape index (κ2) is 4.03. The van der Waals surface area contributed by atoms with Crippen LogP contribution in [-0.2, 0) is 10.3 Å². The summed E-state index contributed by atoms with van der Waals surface area (Å²) in [6.07, 6.45) is 2.11. The van der Waals surface area contributed by atoms with Gasteiger partial charge in [-0.15, -0.1) is 0 Å². The Labute approximate surface area is 89.1 Å². The minimum atomic E-state index is -0.742. The van der Waals surface area contributed by atoms with Gasteiger partial charge in [-0.3, -0.25) is 4.79 Å². The zero-order chi connectivity index (χ0) is 10.7. The fourth-order valence-electron chi connectivity index (χ4n) is 2.32. The Kier molecular flexibility index (Phi) is 2.73. The molecule has 1 fully saturated rings. The number of carbonyl (C=O) groups is 1. The molecular formula is C12H15NO2. The van der Waals surface area contributed by atoms with E-state index in [2.05, 4.69) is 5.32 Å². The number of carboxylic acids is 1. The molecule has 0 bridgehead atoms. The lowest BCUT2D eigenvalue weighted by Crippen LogP contribution is -2.38. The van der Waals surface area contributed by atoms with Gasteiger partial charge in [0.1, 0.15) is 0 Å². The molecule has 2 rings (SSSR count). The van der Waals surface area contributed by atoms with E-state index in [1.54, 1.807) is 0 Å². The van der Waals surface area contributed by atoms with Gasteiger partial charge in [0, 0.05) is 0 Å². The van der Waals surface area contributed by atoms with E-state index in [1.807, 2.05) is 30.3 Å². The van der Waals surface area contributed by atoms with Crippen molar-refractivity contribution in [1.82, 2.24) is 5.32 Å². The summed E-state index contributed by atoms with van der Waals surface area (Å²) >= 11 is 0. The Morgan fingerprint density at radius 2 is 2.13 bits per heavy atom. The highest BCUT2D eigenvalue weighted by Crippen LogP contribution is 2.33. The highest BCUT2D eigenvalue weighted by Gasteiger charge is 2.37. The van der Waals surface area contributed by atoms with Gasteiger partial charge in [0.25, 0.3) is 0 Å². The van der Waals surface area contributed by atoms with Crippen LogP contribution in [0.5, 0.6) is 0 Å². The first-order valence-electron chi connectivity index (χ1n) is 5.25. The summed E-state index contributed by atoms with van der Waals surface area (Å²) in [5, 5.41) is 12.3. The lowest BCUT2D eigenvalue weighted by molar-refractivity contribution is -0.138. The van der Waals surface area contributed by atoms with E-state index in [0.29, 0.717) is 0 Å². The molecular weight excluding hydrogens is 190 g/mol. The van der Waals surface area contributed by atoms with E-state index in [-0.39, 0.29) is 12.0 Å². The van der Waals surface area contributed by atoms with Crippen LogP contribution in [0, 0.1) is 0 Å². The van der Waals surface area contributed by atoms with Crippen LogP contribution in [0.2, 0.25) is 0 Å². The van der Waals surface area contributed by atoms with Gasteiger partial charge in [-0.2, -0.15) is 0 Å². The zero-order valence-corrected chi connectivity index (χ0v) is 8.57. The second-order valence-electron chi connectivity index (χ2n) is 4.05. The summed E-state index contributed by atoms with van der Waals surface area (Å²) in [4.78, 5) is 10.9. The van der Waals surface area contributed by atoms with Gasteiger partial charge in [-0.25, -0.2) is 0 Å². The van der Waals surface area contributed by atoms with Gasteiger partial charge in [-0.05, 0) is 24.9 Å². The van der Waals surface area contributed by atoms with Gasteiger partial charge in [-0.1, -0.05) is 30.3 Å². The molecule has 0 amide bonds. The van der Waals surface area contributed by atoms with Crippen LogP contribution in [-0.4, -0.2) is 17.6 Å². The second-order valence-corrected chi connectivity index (χ2v) is 4.05. The third-order valence-electron chi connectivity index (χ3n) is 3.02. The maximum absolute atomic E-state index is 10.9. The molecule has 1 heterocycles. The highest BCUT2D eigenvalue weighted by atomic mass is 16.4. The summed E-state index contributed by atoms with van der Waals surface area (Å²) in [6.45, 7) is 0.905. The Hall–Kier alpha value is -1.35. The summed E-state index contributed by atoms with van der Waals surface area (Å²) in [5.41, 5.74) is 0.748. The van der Waals surface area contributed by atoms with Crippen molar-refractivity contribution in [3.63, 3.8) is 0 Å². The molecule has 1 unspecified atom stereocenters. The fraction of sp³-hybridized carbons (Fsp3) is 0.417. The quantitative estimate of drug-likeness (QED) is 0.790. The highest BCUT2D eigenvalue weighted by molar-refractivity contribution is 5.69. The molecule has 0 aromatic heterocycles. The van der Waals surface area contributed by atoms with Crippen LogP contribution in [0.3, 0.4) is 0 Å². The van der Waals surface area contributed by atoms with E-state index < -0.39 is 5.97 Å². The molecule has 0 radical (unpaired) electrons. The monoisotopic (exact) mass is 205 g/mol. The molecule has 3 heteroatoms. The minimum absolute atomic E-state index is 0.164. The Morgan fingerprint density at radius 3 is 2.67 bits per heavy atom. The number of hydrogen-bond donors (Lipinski definition) is 2. The largest absolute Gasteiger partial charge is 0.481 e. The molecule has 1 atom stereocenters. The van der Waals surface area contributed by atoms with Gasteiger partial charge < -0.3 is 10.4 Å². The Morgan fingerprint density at radius 1 is 1.40 bits per heavy atom. The maximum atomic E-state index is 10.9. The SMILES string of the molecule is O=C(O)CC1(c2ccccc2)CCCN1. The van der Waals surface area contributed by atoms with Crippen LogP contribution in [0.1, 0.15) is 24.8 Å². The number of benzene rings is 1. The van der Waals surface area contributed by atoms with Crippen molar-refractivity contribution in [3.05, 3.63) is 35.9 Å². The molecule has 0 aliphatic carbocycles. The number of rotatable bonds is 3. The van der Waals surface area contributed by atoms with Gasteiger partial charge in [0.15, 0.2) is 0 Å². The molecule has 0 spiro atoms. The average Bonchev–Trinajstić information content (AvgIpc) is 2.68. The van der Waals surface area contributed by atoms with E-state index in [4.69, 9.17) is 5.11 Å². The standard InChI is InChI=1S/C12H15NO2/c14-11(15)9-12(7-4-8-13-12)10-5-2-1-3-6-10/h1-3,5-6,13H,4,7-9H2,(H,14,15). The Bertz CT molecular complexity index is 342. The van der Waals surface area contributed by atoms with Crippen LogP contribution < -0.4 is 5.32 Å². The normalized spacial score (nSPS) is 25.3. The van der Waals surface area contributed by atoms with Gasteiger partial charge in [0.2, 0.25) is 0 Å². The molecule has 2 N–H and O–H groups in total.